The summed E-state index contributed by atoms with van der Waals surface area (Å²) in [7, 11) is -4.27. The van der Waals surface area contributed by atoms with Crippen molar-refractivity contribution in [3.8, 4) is 22.5 Å². The first-order valence-corrected chi connectivity index (χ1v) is 12.7. The summed E-state index contributed by atoms with van der Waals surface area (Å²) in [6.45, 7) is 0. The second kappa shape index (κ2) is 8.80. The lowest BCUT2D eigenvalue weighted by atomic mass is 10.0. The normalized spacial score (nSPS) is 11.7. The minimum absolute atomic E-state index is 0.0742. The number of aromatic nitrogens is 5. The van der Waals surface area contributed by atoms with E-state index in [1.54, 1.807) is 18.3 Å². The number of H-pyrrole nitrogens is 1. The van der Waals surface area contributed by atoms with Crippen LogP contribution in [0.3, 0.4) is 0 Å². The maximum Gasteiger partial charge on any atom is 0.267 e. The Balaban J connectivity index is 1.61. The summed E-state index contributed by atoms with van der Waals surface area (Å²) in [4.78, 5) is 29.3. The second-order valence-corrected chi connectivity index (χ2v) is 10.1. The van der Waals surface area contributed by atoms with Gasteiger partial charge in [0.2, 0.25) is 5.43 Å². The van der Waals surface area contributed by atoms with Crippen molar-refractivity contribution in [2.45, 2.75) is 4.90 Å². The fraction of sp³-hybridized carbons (Fsp3) is 0. The van der Waals surface area contributed by atoms with Gasteiger partial charge in [-0.3, -0.25) is 14.5 Å². The predicted molar refractivity (Wildman–Crippen MR) is 139 cm³/mol. The third kappa shape index (κ3) is 4.09. The number of fused-ring (bicyclic) bond motifs is 2. The third-order valence-electron chi connectivity index (χ3n) is 5.63. The van der Waals surface area contributed by atoms with Crippen LogP contribution in [0.15, 0.2) is 93.7 Å². The Morgan fingerprint density at radius 1 is 0.946 bits per heavy atom. The van der Waals surface area contributed by atoms with Crippen LogP contribution in [0.1, 0.15) is 0 Å². The van der Waals surface area contributed by atoms with Gasteiger partial charge in [0.15, 0.2) is 16.1 Å². The molecule has 6 rings (SSSR count). The SMILES string of the molecule is O=c1c(S(=O)(=O)Nc2cnoc2)c[nH]c2nc(-c3ccccc3)c(-c3cc(Cl)c4ncccc4c3)nc12. The van der Waals surface area contributed by atoms with Crippen LogP contribution >= 0.6 is 11.6 Å². The molecule has 0 spiro atoms. The predicted octanol–water partition coefficient (Wildman–Crippen LogP) is 4.64. The van der Waals surface area contributed by atoms with Crippen LogP contribution in [0.4, 0.5) is 5.69 Å². The number of aromatic amines is 1. The number of hydrogen-bond acceptors (Lipinski definition) is 8. The van der Waals surface area contributed by atoms with E-state index in [0.717, 1.165) is 23.4 Å². The Kier molecular flexibility index (Phi) is 5.43. The van der Waals surface area contributed by atoms with E-state index in [9.17, 15) is 13.2 Å². The number of rotatable bonds is 5. The van der Waals surface area contributed by atoms with E-state index >= 15 is 0 Å². The molecule has 6 aromatic rings. The van der Waals surface area contributed by atoms with Crippen LogP contribution in [0.5, 0.6) is 0 Å². The Bertz CT molecular complexity index is 1960. The number of halogens is 1. The summed E-state index contributed by atoms with van der Waals surface area (Å²) in [6.07, 6.45) is 5.01. The number of pyridine rings is 2. The highest BCUT2D eigenvalue weighted by Gasteiger charge is 2.24. The summed E-state index contributed by atoms with van der Waals surface area (Å²) in [6, 6.07) is 16.5. The molecule has 10 nitrogen and oxygen atoms in total. The van der Waals surface area contributed by atoms with Gasteiger partial charge in [0.25, 0.3) is 10.0 Å². The monoisotopic (exact) mass is 530 g/mol. The van der Waals surface area contributed by atoms with Crippen LogP contribution in [0.25, 0.3) is 44.6 Å². The standard InChI is InChI=1S/C25H15ClN6O4S/c26-18-10-16(9-15-7-4-8-27-20(15)18)22-21(14-5-2-1-3-6-14)31-25-23(30-22)24(33)19(12-28-25)37(34,35)32-17-11-29-36-13-17/h1-13,32H,(H,28,31,33). The summed E-state index contributed by atoms with van der Waals surface area (Å²) >= 11 is 6.53. The third-order valence-corrected chi connectivity index (χ3v) is 7.30. The molecule has 2 N–H and O–H groups in total. The molecule has 12 heteroatoms. The van der Waals surface area contributed by atoms with Gasteiger partial charge < -0.3 is 9.51 Å². The zero-order valence-electron chi connectivity index (χ0n) is 18.7. The van der Waals surface area contributed by atoms with Crippen molar-refractivity contribution in [1.82, 2.24) is 25.1 Å². The number of hydrogen-bond donors (Lipinski definition) is 2. The molecule has 0 bridgehead atoms. The van der Waals surface area contributed by atoms with Gasteiger partial charge in [0, 0.05) is 28.9 Å². The van der Waals surface area contributed by atoms with E-state index in [2.05, 4.69) is 34.3 Å². The van der Waals surface area contributed by atoms with Crippen LogP contribution in [-0.2, 0) is 10.0 Å². The molecule has 0 aliphatic heterocycles. The van der Waals surface area contributed by atoms with Crippen molar-refractivity contribution >= 4 is 49.4 Å². The van der Waals surface area contributed by atoms with Gasteiger partial charge in [-0.15, -0.1) is 0 Å². The van der Waals surface area contributed by atoms with Gasteiger partial charge in [0.05, 0.1) is 28.1 Å². The number of anilines is 1. The topological polar surface area (TPSA) is 144 Å². The summed E-state index contributed by atoms with van der Waals surface area (Å²) in [5.74, 6) is 0. The minimum atomic E-state index is -4.27. The number of sulfonamides is 1. The van der Waals surface area contributed by atoms with Crippen LogP contribution < -0.4 is 10.2 Å². The molecule has 0 atom stereocenters. The largest absolute Gasteiger partial charge is 0.362 e. The molecule has 0 aliphatic rings. The first-order chi connectivity index (χ1) is 17.9. The van der Waals surface area contributed by atoms with E-state index in [4.69, 9.17) is 11.6 Å². The van der Waals surface area contributed by atoms with Crippen LogP contribution in [0, 0.1) is 0 Å². The average molecular weight is 531 g/mol. The highest BCUT2D eigenvalue weighted by molar-refractivity contribution is 7.92. The Morgan fingerprint density at radius 2 is 1.76 bits per heavy atom. The van der Waals surface area contributed by atoms with Crippen LogP contribution in [-0.4, -0.2) is 33.5 Å². The van der Waals surface area contributed by atoms with E-state index in [1.807, 2.05) is 42.5 Å². The quantitative estimate of drug-likeness (QED) is 0.328. The van der Waals surface area contributed by atoms with Crippen LogP contribution in [0.2, 0.25) is 5.02 Å². The molecule has 182 valence electrons. The van der Waals surface area contributed by atoms with Gasteiger partial charge in [-0.2, -0.15) is 0 Å². The molecule has 4 heterocycles. The number of nitrogens with one attached hydrogen (secondary N) is 2. The molecule has 0 saturated carbocycles. The minimum Gasteiger partial charge on any atom is -0.362 e. The maximum absolute atomic E-state index is 13.4. The zero-order valence-corrected chi connectivity index (χ0v) is 20.3. The Labute approximate surface area is 214 Å². The average Bonchev–Trinajstić information content (AvgIpc) is 3.41. The van der Waals surface area contributed by atoms with Gasteiger partial charge in [-0.1, -0.05) is 53.2 Å². The second-order valence-electron chi connectivity index (χ2n) is 8.02. The summed E-state index contributed by atoms with van der Waals surface area (Å²) in [5.41, 5.74) is 2.05. The number of benzene rings is 2. The molecule has 2 aromatic carbocycles. The zero-order chi connectivity index (χ0) is 25.6. The smallest absolute Gasteiger partial charge is 0.267 e. The molecular formula is C25H15ClN6O4S. The van der Waals surface area contributed by atoms with Gasteiger partial charge in [-0.25, -0.2) is 18.4 Å². The lowest BCUT2D eigenvalue weighted by Crippen LogP contribution is -2.22. The van der Waals surface area contributed by atoms with E-state index in [0.29, 0.717) is 27.5 Å². The van der Waals surface area contributed by atoms with Crippen molar-refractivity contribution < 1.29 is 12.9 Å². The first kappa shape index (κ1) is 22.8. The van der Waals surface area contributed by atoms with E-state index < -0.39 is 20.3 Å². The van der Waals surface area contributed by atoms with E-state index in [1.165, 1.54) is 6.20 Å². The molecule has 0 saturated heterocycles. The molecule has 0 fully saturated rings. The summed E-state index contributed by atoms with van der Waals surface area (Å²) in [5, 5.41) is 4.63. The highest BCUT2D eigenvalue weighted by Crippen LogP contribution is 2.34. The molecule has 0 aliphatic carbocycles. The van der Waals surface area contributed by atoms with E-state index in [-0.39, 0.29) is 16.9 Å². The van der Waals surface area contributed by atoms with Crippen molar-refractivity contribution in [2.24, 2.45) is 0 Å². The molecular weight excluding hydrogens is 516 g/mol. The van der Waals surface area contributed by atoms with Crippen molar-refractivity contribution in [3.05, 3.63) is 94.7 Å². The lowest BCUT2D eigenvalue weighted by molar-refractivity contribution is 0.420. The Hall–Kier alpha value is -4.61. The highest BCUT2D eigenvalue weighted by atomic mass is 35.5. The molecule has 0 amide bonds. The number of nitrogens with zero attached hydrogens (tertiary/aromatic N) is 4. The van der Waals surface area contributed by atoms with Gasteiger partial charge >= 0.3 is 0 Å². The van der Waals surface area contributed by atoms with Crippen molar-refractivity contribution in [1.29, 1.82) is 0 Å². The molecule has 37 heavy (non-hydrogen) atoms. The van der Waals surface area contributed by atoms with Crippen molar-refractivity contribution in [2.75, 3.05) is 4.72 Å². The lowest BCUT2D eigenvalue weighted by Gasteiger charge is -2.12. The summed E-state index contributed by atoms with van der Waals surface area (Å²) < 4.78 is 32.8. The van der Waals surface area contributed by atoms with Crippen molar-refractivity contribution in [3.63, 3.8) is 0 Å². The first-order valence-electron chi connectivity index (χ1n) is 10.9. The van der Waals surface area contributed by atoms with Gasteiger partial charge in [0.1, 0.15) is 12.0 Å². The molecule has 0 unspecified atom stereocenters. The maximum atomic E-state index is 13.4. The van der Waals surface area contributed by atoms with Gasteiger partial charge in [-0.05, 0) is 18.2 Å². The fourth-order valence-electron chi connectivity index (χ4n) is 3.96. The molecule has 0 radical (unpaired) electrons. The molecule has 4 aromatic heterocycles. The fourth-order valence-corrected chi connectivity index (χ4v) is 5.31. The Morgan fingerprint density at radius 3 is 2.54 bits per heavy atom.